The number of H-pyrrole nitrogens is 1. The molecule has 9 nitrogen and oxygen atoms in total. The zero-order valence-electron chi connectivity index (χ0n) is 19.8. The van der Waals surface area contributed by atoms with Crippen LogP contribution in [0.5, 0.6) is 5.75 Å². The number of amides is 1. The lowest BCUT2D eigenvalue weighted by atomic mass is 9.98. The van der Waals surface area contributed by atoms with E-state index >= 15 is 0 Å². The van der Waals surface area contributed by atoms with Crippen molar-refractivity contribution in [3.8, 4) is 16.9 Å². The van der Waals surface area contributed by atoms with Crippen LogP contribution in [0.3, 0.4) is 0 Å². The number of aromatic nitrogens is 4. The van der Waals surface area contributed by atoms with Crippen LogP contribution >= 0.6 is 0 Å². The van der Waals surface area contributed by atoms with E-state index in [-0.39, 0.29) is 5.91 Å². The number of ether oxygens (including phenoxy) is 1. The molecule has 0 bridgehead atoms. The monoisotopic (exact) mass is 457 g/mol. The predicted octanol–water partition coefficient (Wildman–Crippen LogP) is 4.65. The molecule has 1 amide bonds. The minimum Gasteiger partial charge on any atom is -0.495 e. The second-order valence-corrected chi connectivity index (χ2v) is 7.94. The van der Waals surface area contributed by atoms with Crippen LogP contribution in [-0.4, -0.2) is 40.2 Å². The first-order valence-electron chi connectivity index (χ1n) is 10.8. The molecule has 0 aliphatic rings. The molecule has 4 aromatic rings. The average Bonchev–Trinajstić information content (AvgIpc) is 3.25. The highest BCUT2D eigenvalue weighted by Gasteiger charge is 2.13. The quantitative estimate of drug-likeness (QED) is 0.319. The number of methoxy groups -OCH3 is 1. The number of benzene rings is 2. The molecule has 34 heavy (non-hydrogen) atoms. The van der Waals surface area contributed by atoms with E-state index in [0.717, 1.165) is 33.6 Å². The van der Waals surface area contributed by atoms with E-state index in [0.29, 0.717) is 28.9 Å². The zero-order valence-corrected chi connectivity index (χ0v) is 19.8. The molecule has 9 heteroatoms. The van der Waals surface area contributed by atoms with Crippen molar-refractivity contribution >= 4 is 29.2 Å². The lowest BCUT2D eigenvalue weighted by Gasteiger charge is -2.16. The number of nitrogens with zero attached hydrogens (tertiary/aromatic N) is 3. The molecule has 0 atom stereocenters. The Morgan fingerprint density at radius 3 is 2.41 bits per heavy atom. The topological polar surface area (TPSA) is 117 Å². The predicted molar refractivity (Wildman–Crippen MR) is 133 cm³/mol. The van der Waals surface area contributed by atoms with Crippen LogP contribution in [-0.2, 0) is 0 Å². The van der Waals surface area contributed by atoms with E-state index in [9.17, 15) is 4.79 Å². The molecule has 2 aromatic heterocycles. The van der Waals surface area contributed by atoms with Crippen LogP contribution in [0.2, 0.25) is 0 Å². The first-order valence-corrected chi connectivity index (χ1v) is 10.8. The zero-order chi connectivity index (χ0) is 24.2. The number of rotatable bonds is 7. The molecule has 4 rings (SSSR count). The lowest BCUT2D eigenvalue weighted by Crippen LogP contribution is -2.17. The Labute approximate surface area is 198 Å². The van der Waals surface area contributed by atoms with E-state index < -0.39 is 0 Å². The third-order valence-corrected chi connectivity index (χ3v) is 5.40. The van der Waals surface area contributed by atoms with Crippen molar-refractivity contribution in [2.24, 2.45) is 0 Å². The smallest absolute Gasteiger partial charge is 0.251 e. The molecule has 0 saturated carbocycles. The summed E-state index contributed by atoms with van der Waals surface area (Å²) in [6, 6.07) is 13.3. The second-order valence-electron chi connectivity index (χ2n) is 7.94. The van der Waals surface area contributed by atoms with Gasteiger partial charge < -0.3 is 20.7 Å². The van der Waals surface area contributed by atoms with Crippen LogP contribution in [0.1, 0.15) is 27.2 Å². The lowest BCUT2D eigenvalue weighted by molar-refractivity contribution is 0.0963. The van der Waals surface area contributed by atoms with Gasteiger partial charge in [-0.15, -0.1) is 0 Å². The molecule has 4 N–H and O–H groups in total. The van der Waals surface area contributed by atoms with Crippen molar-refractivity contribution in [1.29, 1.82) is 0 Å². The first-order chi connectivity index (χ1) is 16.4. The van der Waals surface area contributed by atoms with Crippen molar-refractivity contribution in [3.05, 3.63) is 71.0 Å². The van der Waals surface area contributed by atoms with E-state index in [1.807, 2.05) is 63.2 Å². The molecule has 0 saturated heterocycles. The number of aromatic amines is 1. The fraction of sp³-hybridized carbons (Fsp3) is 0.200. The minimum absolute atomic E-state index is 0.116. The summed E-state index contributed by atoms with van der Waals surface area (Å²) in [4.78, 5) is 20.9. The van der Waals surface area contributed by atoms with E-state index in [2.05, 4.69) is 36.1 Å². The van der Waals surface area contributed by atoms with Gasteiger partial charge in [0.1, 0.15) is 11.6 Å². The fourth-order valence-electron chi connectivity index (χ4n) is 3.56. The Hall–Kier alpha value is -4.40. The van der Waals surface area contributed by atoms with Gasteiger partial charge in [0.05, 0.1) is 12.8 Å². The number of carbonyl (C=O) groups is 1. The summed E-state index contributed by atoms with van der Waals surface area (Å²) in [5.41, 5.74) is 6.24. The summed E-state index contributed by atoms with van der Waals surface area (Å²) < 4.78 is 5.65. The summed E-state index contributed by atoms with van der Waals surface area (Å²) in [7, 11) is 3.24. The molecule has 0 spiro atoms. The Morgan fingerprint density at radius 1 is 1.00 bits per heavy atom. The Morgan fingerprint density at radius 2 is 1.76 bits per heavy atom. The Bertz CT molecular complexity index is 1330. The summed E-state index contributed by atoms with van der Waals surface area (Å²) >= 11 is 0. The van der Waals surface area contributed by atoms with Gasteiger partial charge in [0.15, 0.2) is 5.82 Å². The molecular weight excluding hydrogens is 430 g/mol. The summed E-state index contributed by atoms with van der Waals surface area (Å²) in [6.07, 6.45) is 1.75. The maximum atomic E-state index is 11.8. The summed E-state index contributed by atoms with van der Waals surface area (Å²) in [5, 5.41) is 16.2. The molecule has 0 aliphatic heterocycles. The van der Waals surface area contributed by atoms with Gasteiger partial charge in [0.25, 0.3) is 5.91 Å². The van der Waals surface area contributed by atoms with Gasteiger partial charge in [-0.25, -0.2) is 4.98 Å². The van der Waals surface area contributed by atoms with Crippen LogP contribution in [0, 0.1) is 20.8 Å². The van der Waals surface area contributed by atoms with E-state index in [4.69, 9.17) is 4.74 Å². The largest absolute Gasteiger partial charge is 0.495 e. The van der Waals surface area contributed by atoms with Crippen molar-refractivity contribution in [3.63, 3.8) is 0 Å². The van der Waals surface area contributed by atoms with E-state index in [1.54, 1.807) is 20.4 Å². The Balaban J connectivity index is 1.61. The average molecular weight is 458 g/mol. The van der Waals surface area contributed by atoms with Crippen LogP contribution in [0.15, 0.2) is 48.7 Å². The van der Waals surface area contributed by atoms with Crippen LogP contribution < -0.4 is 20.7 Å². The Kier molecular flexibility index (Phi) is 6.44. The normalized spacial score (nSPS) is 10.6. The first kappa shape index (κ1) is 22.8. The molecule has 0 fully saturated rings. The van der Waals surface area contributed by atoms with E-state index in [1.165, 1.54) is 0 Å². The van der Waals surface area contributed by atoms with Crippen molar-refractivity contribution in [1.82, 2.24) is 25.5 Å². The number of hydrogen-bond acceptors (Lipinski definition) is 7. The minimum atomic E-state index is -0.116. The summed E-state index contributed by atoms with van der Waals surface area (Å²) in [6.45, 7) is 5.89. The van der Waals surface area contributed by atoms with Crippen LogP contribution in [0.25, 0.3) is 11.1 Å². The van der Waals surface area contributed by atoms with Crippen molar-refractivity contribution in [2.75, 3.05) is 24.8 Å². The third-order valence-electron chi connectivity index (χ3n) is 5.40. The van der Waals surface area contributed by atoms with Gasteiger partial charge in [-0.2, -0.15) is 10.1 Å². The summed E-state index contributed by atoms with van der Waals surface area (Å²) in [5.74, 6) is 2.31. The molecular formula is C25H27N7O2. The highest BCUT2D eigenvalue weighted by Crippen LogP contribution is 2.35. The number of carbonyl (C=O) groups excluding carboxylic acids is 1. The number of nitrogens with one attached hydrogen (secondary N) is 4. The van der Waals surface area contributed by atoms with Gasteiger partial charge in [-0.1, -0.05) is 12.1 Å². The van der Waals surface area contributed by atoms with Gasteiger partial charge >= 0.3 is 0 Å². The maximum Gasteiger partial charge on any atom is 0.251 e. The van der Waals surface area contributed by atoms with Gasteiger partial charge in [0.2, 0.25) is 5.95 Å². The number of anilines is 4. The van der Waals surface area contributed by atoms with Crippen molar-refractivity contribution < 1.29 is 9.53 Å². The molecule has 0 radical (unpaired) electrons. The molecule has 0 unspecified atom stereocenters. The molecule has 0 aliphatic carbocycles. The van der Waals surface area contributed by atoms with Crippen LogP contribution in [0.4, 0.5) is 23.3 Å². The van der Waals surface area contributed by atoms with Gasteiger partial charge in [0, 0.05) is 36.1 Å². The molecule has 2 aromatic carbocycles. The highest BCUT2D eigenvalue weighted by atomic mass is 16.5. The van der Waals surface area contributed by atoms with Crippen molar-refractivity contribution in [2.45, 2.75) is 20.8 Å². The number of hydrogen-bond donors (Lipinski definition) is 4. The highest BCUT2D eigenvalue weighted by molar-refractivity contribution is 5.94. The SMILES string of the molecule is CNC(=O)c1ccc(-c2cc(OC)c(Nc3ncc(C)c(Nc4cc(C)[nH]n4)n3)cc2C)cc1. The van der Waals surface area contributed by atoms with Gasteiger partial charge in [-0.3, -0.25) is 9.89 Å². The molecule has 174 valence electrons. The molecule has 2 heterocycles. The van der Waals surface area contributed by atoms with Gasteiger partial charge in [-0.05, 0) is 61.7 Å². The third kappa shape index (κ3) is 4.83. The fourth-order valence-corrected chi connectivity index (χ4v) is 3.56. The standard InChI is InChI=1S/C25H27N7O2/c1-14-10-20(21(34-5)12-19(14)17-6-8-18(9-7-17)24(33)26-4)28-25-27-13-15(2)23(30-25)29-22-11-16(3)31-32-22/h6-13H,1-5H3,(H,26,33)(H3,27,28,29,30,31,32). The number of aryl methyl sites for hydroxylation is 3. The second kappa shape index (κ2) is 9.62. The maximum absolute atomic E-state index is 11.8.